The predicted molar refractivity (Wildman–Crippen MR) is 74.5 cm³/mol. The lowest BCUT2D eigenvalue weighted by molar-refractivity contribution is 1.02. The molecule has 17 heavy (non-hydrogen) atoms. The third kappa shape index (κ3) is 2.82. The molecule has 0 saturated carbocycles. The topological polar surface area (TPSA) is 40.7 Å². The predicted octanol–water partition coefficient (Wildman–Crippen LogP) is 4.05. The Balaban J connectivity index is 2.15. The standard InChI is InChI=1S/C12H13BrClN3/c1-7-10(8(2)17-16-7)6-15-12-5-9(13)3-4-11(12)14/h3-5,15H,6H2,1-2H3,(H,16,17). The van der Waals surface area contributed by atoms with Gasteiger partial charge in [0.05, 0.1) is 16.4 Å². The summed E-state index contributed by atoms with van der Waals surface area (Å²) in [6.07, 6.45) is 0. The summed E-state index contributed by atoms with van der Waals surface area (Å²) in [5, 5.41) is 11.2. The molecule has 0 bridgehead atoms. The lowest BCUT2D eigenvalue weighted by Crippen LogP contribution is -2.02. The van der Waals surface area contributed by atoms with E-state index in [1.54, 1.807) is 0 Å². The molecule has 90 valence electrons. The van der Waals surface area contributed by atoms with Crippen molar-refractivity contribution in [3.8, 4) is 0 Å². The first-order chi connectivity index (χ1) is 8.08. The molecule has 0 unspecified atom stereocenters. The molecule has 1 heterocycles. The van der Waals surface area contributed by atoms with Crippen molar-refractivity contribution in [3.05, 3.63) is 44.6 Å². The minimum atomic E-state index is 0.713. The smallest absolute Gasteiger partial charge is 0.0643 e. The zero-order chi connectivity index (χ0) is 12.4. The molecule has 0 amide bonds. The van der Waals surface area contributed by atoms with Crippen molar-refractivity contribution in [3.63, 3.8) is 0 Å². The number of benzene rings is 1. The maximum atomic E-state index is 6.11. The van der Waals surface area contributed by atoms with Crippen LogP contribution in [-0.2, 0) is 6.54 Å². The summed E-state index contributed by atoms with van der Waals surface area (Å²) in [6, 6.07) is 5.75. The molecule has 3 nitrogen and oxygen atoms in total. The molecule has 0 aliphatic rings. The highest BCUT2D eigenvalue weighted by molar-refractivity contribution is 9.10. The summed E-state index contributed by atoms with van der Waals surface area (Å²) in [7, 11) is 0. The molecule has 0 aliphatic carbocycles. The van der Waals surface area contributed by atoms with Crippen LogP contribution in [0.1, 0.15) is 17.0 Å². The molecule has 0 fully saturated rings. The van der Waals surface area contributed by atoms with E-state index in [9.17, 15) is 0 Å². The monoisotopic (exact) mass is 313 g/mol. The minimum absolute atomic E-state index is 0.713. The second-order valence-corrected chi connectivity index (χ2v) is 5.21. The average Bonchev–Trinajstić information content (AvgIpc) is 2.61. The lowest BCUT2D eigenvalue weighted by Gasteiger charge is -2.09. The molecule has 0 radical (unpaired) electrons. The van der Waals surface area contributed by atoms with Gasteiger partial charge in [0.2, 0.25) is 0 Å². The Morgan fingerprint density at radius 3 is 2.82 bits per heavy atom. The molecular formula is C12H13BrClN3. The van der Waals surface area contributed by atoms with Crippen LogP contribution < -0.4 is 5.32 Å². The number of aromatic nitrogens is 2. The Bertz CT molecular complexity index is 517. The van der Waals surface area contributed by atoms with Crippen molar-refractivity contribution in [2.24, 2.45) is 0 Å². The average molecular weight is 315 g/mol. The number of H-pyrrole nitrogens is 1. The van der Waals surface area contributed by atoms with E-state index >= 15 is 0 Å². The highest BCUT2D eigenvalue weighted by Crippen LogP contribution is 2.26. The summed E-state index contributed by atoms with van der Waals surface area (Å²) in [6.45, 7) is 4.72. The highest BCUT2D eigenvalue weighted by atomic mass is 79.9. The van der Waals surface area contributed by atoms with Gasteiger partial charge in [-0.25, -0.2) is 0 Å². The largest absolute Gasteiger partial charge is 0.380 e. The van der Waals surface area contributed by atoms with Gasteiger partial charge < -0.3 is 5.32 Å². The molecule has 5 heteroatoms. The first-order valence-electron chi connectivity index (χ1n) is 5.27. The summed E-state index contributed by atoms with van der Waals surface area (Å²) < 4.78 is 1.00. The van der Waals surface area contributed by atoms with Gasteiger partial charge in [0.25, 0.3) is 0 Å². The molecule has 0 atom stereocenters. The molecule has 2 aromatic rings. The van der Waals surface area contributed by atoms with Gasteiger partial charge in [-0.3, -0.25) is 5.10 Å². The van der Waals surface area contributed by atoms with Gasteiger partial charge in [0.1, 0.15) is 0 Å². The SMILES string of the molecule is Cc1n[nH]c(C)c1CNc1cc(Br)ccc1Cl. The summed E-state index contributed by atoms with van der Waals surface area (Å²) in [5.41, 5.74) is 4.20. The number of nitrogens with zero attached hydrogens (tertiary/aromatic N) is 1. The van der Waals surface area contributed by atoms with Crippen LogP contribution >= 0.6 is 27.5 Å². The zero-order valence-electron chi connectivity index (χ0n) is 9.64. The van der Waals surface area contributed by atoms with E-state index in [1.807, 2.05) is 32.0 Å². The number of rotatable bonds is 3. The molecule has 0 saturated heterocycles. The maximum absolute atomic E-state index is 6.11. The first-order valence-corrected chi connectivity index (χ1v) is 6.44. The molecule has 1 aromatic carbocycles. The van der Waals surface area contributed by atoms with E-state index in [0.29, 0.717) is 11.6 Å². The van der Waals surface area contributed by atoms with E-state index in [0.717, 1.165) is 21.5 Å². The van der Waals surface area contributed by atoms with E-state index < -0.39 is 0 Å². The number of aromatic amines is 1. The summed E-state index contributed by atoms with van der Waals surface area (Å²) >= 11 is 9.54. The molecule has 0 aliphatic heterocycles. The van der Waals surface area contributed by atoms with Gasteiger partial charge >= 0.3 is 0 Å². The van der Waals surface area contributed by atoms with E-state index in [-0.39, 0.29) is 0 Å². The number of hydrogen-bond donors (Lipinski definition) is 2. The van der Waals surface area contributed by atoms with Gasteiger partial charge in [-0.2, -0.15) is 5.10 Å². The lowest BCUT2D eigenvalue weighted by atomic mass is 10.2. The van der Waals surface area contributed by atoms with Crippen molar-refractivity contribution in [2.45, 2.75) is 20.4 Å². The van der Waals surface area contributed by atoms with Crippen LogP contribution in [0.15, 0.2) is 22.7 Å². The molecule has 0 spiro atoms. The van der Waals surface area contributed by atoms with Gasteiger partial charge in [-0.05, 0) is 32.0 Å². The van der Waals surface area contributed by atoms with E-state index in [1.165, 1.54) is 5.56 Å². The van der Waals surface area contributed by atoms with Crippen LogP contribution in [0.5, 0.6) is 0 Å². The number of anilines is 1. The van der Waals surface area contributed by atoms with Gasteiger partial charge in [-0.15, -0.1) is 0 Å². The zero-order valence-corrected chi connectivity index (χ0v) is 12.0. The Hall–Kier alpha value is -1.000. The van der Waals surface area contributed by atoms with Crippen molar-refractivity contribution in [1.82, 2.24) is 10.2 Å². The fraction of sp³-hybridized carbons (Fsp3) is 0.250. The van der Waals surface area contributed by atoms with Crippen LogP contribution in [-0.4, -0.2) is 10.2 Å². The third-order valence-corrected chi connectivity index (χ3v) is 3.49. The third-order valence-electron chi connectivity index (χ3n) is 2.66. The second-order valence-electron chi connectivity index (χ2n) is 3.89. The Kier molecular flexibility index (Phi) is 3.74. The van der Waals surface area contributed by atoms with Crippen molar-refractivity contribution in [2.75, 3.05) is 5.32 Å². The quantitative estimate of drug-likeness (QED) is 0.897. The number of aryl methyl sites for hydroxylation is 2. The Morgan fingerprint density at radius 1 is 1.41 bits per heavy atom. The highest BCUT2D eigenvalue weighted by Gasteiger charge is 2.07. The number of hydrogen-bond acceptors (Lipinski definition) is 2. The van der Waals surface area contributed by atoms with Crippen LogP contribution in [0.4, 0.5) is 5.69 Å². The molecule has 1 aromatic heterocycles. The Labute approximate surface area is 114 Å². The van der Waals surface area contributed by atoms with Crippen LogP contribution in [0, 0.1) is 13.8 Å². The molecule has 2 N–H and O–H groups in total. The summed E-state index contributed by atoms with van der Waals surface area (Å²) in [5.74, 6) is 0. The number of nitrogens with one attached hydrogen (secondary N) is 2. The molecular weight excluding hydrogens is 302 g/mol. The van der Waals surface area contributed by atoms with Crippen LogP contribution in [0.25, 0.3) is 0 Å². The maximum Gasteiger partial charge on any atom is 0.0643 e. The van der Waals surface area contributed by atoms with E-state index in [4.69, 9.17) is 11.6 Å². The van der Waals surface area contributed by atoms with Gasteiger partial charge in [-0.1, -0.05) is 27.5 Å². The van der Waals surface area contributed by atoms with Crippen molar-refractivity contribution >= 4 is 33.2 Å². The summed E-state index contributed by atoms with van der Waals surface area (Å²) in [4.78, 5) is 0. The van der Waals surface area contributed by atoms with Crippen LogP contribution in [0.3, 0.4) is 0 Å². The Morgan fingerprint density at radius 2 is 2.18 bits per heavy atom. The van der Waals surface area contributed by atoms with Gasteiger partial charge in [0, 0.05) is 22.3 Å². The first kappa shape index (κ1) is 12.5. The van der Waals surface area contributed by atoms with Crippen molar-refractivity contribution in [1.29, 1.82) is 0 Å². The van der Waals surface area contributed by atoms with Crippen LogP contribution in [0.2, 0.25) is 5.02 Å². The second kappa shape index (κ2) is 5.10. The van der Waals surface area contributed by atoms with E-state index in [2.05, 4.69) is 31.4 Å². The number of halogens is 2. The minimum Gasteiger partial charge on any atom is -0.380 e. The van der Waals surface area contributed by atoms with Gasteiger partial charge in [0.15, 0.2) is 0 Å². The fourth-order valence-electron chi connectivity index (χ4n) is 1.65. The molecule has 2 rings (SSSR count). The van der Waals surface area contributed by atoms with Crippen molar-refractivity contribution < 1.29 is 0 Å². The fourth-order valence-corrected chi connectivity index (χ4v) is 2.20. The normalized spacial score (nSPS) is 10.6.